The Labute approximate surface area is 214 Å². The van der Waals surface area contributed by atoms with Gasteiger partial charge in [-0.15, -0.1) is 0 Å². The molecule has 4 unspecified atom stereocenters. The highest BCUT2D eigenvalue weighted by molar-refractivity contribution is 5.85. The summed E-state index contributed by atoms with van der Waals surface area (Å²) in [5.74, 6) is 1.20. The molecule has 6 aliphatic rings. The largest absolute Gasteiger partial charge is 0.458 e. The monoisotopic (exact) mass is 504 g/mol. The molecular formula is C29H44O7. The minimum absolute atomic E-state index is 0.0273. The van der Waals surface area contributed by atoms with Crippen LogP contribution in [0.5, 0.6) is 0 Å². The van der Waals surface area contributed by atoms with Crippen LogP contribution in [0.3, 0.4) is 0 Å². The van der Waals surface area contributed by atoms with Gasteiger partial charge in [-0.05, 0) is 92.4 Å². The van der Waals surface area contributed by atoms with Gasteiger partial charge < -0.3 is 29.5 Å². The topological polar surface area (TPSA) is 105 Å². The van der Waals surface area contributed by atoms with Gasteiger partial charge in [-0.1, -0.05) is 20.8 Å². The van der Waals surface area contributed by atoms with Crippen LogP contribution in [0.4, 0.5) is 0 Å². The number of carbonyl (C=O) groups excluding carboxylic acids is 1. The SMILES string of the molecule is C[C@H]1CO[C@H](O[C@H]2CC[C@@]3(C)C(CCC4C3CC[C@]3(C)[C@@H](C5=CC(=O)OC5)CC[C@]43O)C2)[C@@H](O)C1O. The average molecular weight is 505 g/mol. The summed E-state index contributed by atoms with van der Waals surface area (Å²) in [6.45, 7) is 7.39. The first-order valence-corrected chi connectivity index (χ1v) is 14.3. The third-order valence-electron chi connectivity index (χ3n) is 12.0. The molecule has 7 heteroatoms. The summed E-state index contributed by atoms with van der Waals surface area (Å²) >= 11 is 0. The van der Waals surface area contributed by atoms with E-state index in [4.69, 9.17) is 14.2 Å². The molecule has 4 saturated carbocycles. The fourth-order valence-electron chi connectivity index (χ4n) is 9.74. The van der Waals surface area contributed by atoms with Gasteiger partial charge in [0.2, 0.25) is 0 Å². The second-order valence-electron chi connectivity index (χ2n) is 13.5. The van der Waals surface area contributed by atoms with Crippen molar-refractivity contribution in [1.29, 1.82) is 0 Å². The summed E-state index contributed by atoms with van der Waals surface area (Å²) in [5.41, 5.74) is 0.357. The van der Waals surface area contributed by atoms with Gasteiger partial charge in [0.1, 0.15) is 12.7 Å². The Morgan fingerprint density at radius 2 is 1.81 bits per heavy atom. The van der Waals surface area contributed by atoms with Crippen LogP contribution in [0, 0.1) is 40.4 Å². The number of fused-ring (bicyclic) bond motifs is 5. The summed E-state index contributed by atoms with van der Waals surface area (Å²) in [5, 5.41) is 33.1. The zero-order chi connectivity index (χ0) is 25.5. The normalized spacial score (nSPS) is 54.8. The number of rotatable bonds is 3. The molecule has 202 valence electrons. The van der Waals surface area contributed by atoms with Gasteiger partial charge in [0.05, 0.1) is 24.4 Å². The molecule has 0 amide bonds. The first kappa shape index (κ1) is 25.3. The van der Waals surface area contributed by atoms with E-state index in [1.165, 1.54) is 0 Å². The zero-order valence-electron chi connectivity index (χ0n) is 22.0. The fourth-order valence-corrected chi connectivity index (χ4v) is 9.74. The van der Waals surface area contributed by atoms with Gasteiger partial charge >= 0.3 is 5.97 Å². The van der Waals surface area contributed by atoms with Crippen molar-refractivity contribution in [2.45, 2.75) is 109 Å². The third-order valence-corrected chi connectivity index (χ3v) is 12.0. The van der Waals surface area contributed by atoms with E-state index in [0.29, 0.717) is 31.0 Å². The van der Waals surface area contributed by atoms with Gasteiger partial charge in [-0.3, -0.25) is 0 Å². The van der Waals surface area contributed by atoms with Gasteiger partial charge in [0, 0.05) is 17.4 Å². The summed E-state index contributed by atoms with van der Waals surface area (Å²) in [6.07, 6.45) is 8.01. The average Bonchev–Trinajstić information content (AvgIpc) is 3.39. The van der Waals surface area contributed by atoms with Crippen molar-refractivity contribution in [2.75, 3.05) is 13.2 Å². The van der Waals surface area contributed by atoms with Crippen molar-refractivity contribution in [3.05, 3.63) is 11.6 Å². The molecule has 36 heavy (non-hydrogen) atoms. The van der Waals surface area contributed by atoms with Crippen LogP contribution in [0.1, 0.15) is 78.6 Å². The molecule has 7 nitrogen and oxygen atoms in total. The second kappa shape index (κ2) is 8.77. The van der Waals surface area contributed by atoms with Crippen LogP contribution in [0.2, 0.25) is 0 Å². The smallest absolute Gasteiger partial charge is 0.331 e. The Morgan fingerprint density at radius 3 is 2.56 bits per heavy atom. The van der Waals surface area contributed by atoms with Crippen LogP contribution in [0.25, 0.3) is 0 Å². The van der Waals surface area contributed by atoms with Gasteiger partial charge in [-0.25, -0.2) is 4.79 Å². The molecule has 0 aromatic rings. The summed E-state index contributed by atoms with van der Waals surface area (Å²) < 4.78 is 17.3. The predicted molar refractivity (Wildman–Crippen MR) is 132 cm³/mol. The Morgan fingerprint density at radius 1 is 1.00 bits per heavy atom. The number of hydrogen-bond acceptors (Lipinski definition) is 7. The van der Waals surface area contributed by atoms with Crippen molar-refractivity contribution in [1.82, 2.24) is 0 Å². The highest BCUT2D eigenvalue weighted by atomic mass is 16.7. The number of cyclic esters (lactones) is 1. The zero-order valence-corrected chi connectivity index (χ0v) is 22.0. The van der Waals surface area contributed by atoms with Crippen molar-refractivity contribution >= 4 is 5.97 Å². The predicted octanol–water partition coefficient (Wildman–Crippen LogP) is 3.34. The standard InChI is InChI=1S/C29H44O7/c1-16-14-35-26(25(32)24(16)31)36-19-6-9-27(2)18(13-19)4-5-22-21(27)7-10-28(3)20(8-11-29(22,28)33)17-12-23(30)34-15-17/h12,16,18-22,24-26,31-33H,4-11,13-15H2,1-3H3/t16-,18?,19-,20+,21?,22?,24?,25-,26+,27-,28+,29-/m0/s1. The number of ether oxygens (including phenoxy) is 3. The van der Waals surface area contributed by atoms with Crippen molar-refractivity contribution in [3.8, 4) is 0 Å². The number of aliphatic hydroxyl groups is 3. The Hall–Kier alpha value is -0.990. The van der Waals surface area contributed by atoms with Crippen molar-refractivity contribution < 1.29 is 34.3 Å². The lowest BCUT2D eigenvalue weighted by Gasteiger charge is -2.64. The minimum atomic E-state index is -1.01. The Bertz CT molecular complexity index is 919. The molecule has 3 N–H and O–H groups in total. The molecule has 5 fully saturated rings. The van der Waals surface area contributed by atoms with Crippen LogP contribution in [-0.2, 0) is 19.0 Å². The first-order valence-electron chi connectivity index (χ1n) is 14.3. The van der Waals surface area contributed by atoms with Crippen LogP contribution >= 0.6 is 0 Å². The molecule has 2 aliphatic heterocycles. The van der Waals surface area contributed by atoms with Crippen LogP contribution in [-0.4, -0.2) is 64.7 Å². The third kappa shape index (κ3) is 3.59. The summed E-state index contributed by atoms with van der Waals surface area (Å²) in [7, 11) is 0. The minimum Gasteiger partial charge on any atom is -0.458 e. The highest BCUT2D eigenvalue weighted by Crippen LogP contribution is 2.70. The lowest BCUT2D eigenvalue weighted by atomic mass is 9.43. The van der Waals surface area contributed by atoms with Gasteiger partial charge in [0.15, 0.2) is 6.29 Å². The van der Waals surface area contributed by atoms with E-state index in [-0.39, 0.29) is 34.7 Å². The van der Waals surface area contributed by atoms with Gasteiger partial charge in [0.25, 0.3) is 0 Å². The van der Waals surface area contributed by atoms with E-state index < -0.39 is 24.1 Å². The summed E-state index contributed by atoms with van der Waals surface area (Å²) in [4.78, 5) is 11.8. The van der Waals surface area contributed by atoms with Crippen LogP contribution in [0.15, 0.2) is 11.6 Å². The lowest BCUT2D eigenvalue weighted by molar-refractivity contribution is -0.281. The molecule has 4 aliphatic carbocycles. The van der Waals surface area contributed by atoms with E-state index in [1.54, 1.807) is 6.08 Å². The highest BCUT2D eigenvalue weighted by Gasteiger charge is 2.67. The van der Waals surface area contributed by atoms with E-state index in [1.807, 2.05) is 6.92 Å². The second-order valence-corrected chi connectivity index (χ2v) is 13.5. The van der Waals surface area contributed by atoms with Crippen molar-refractivity contribution in [2.24, 2.45) is 40.4 Å². The van der Waals surface area contributed by atoms with Gasteiger partial charge in [-0.2, -0.15) is 0 Å². The molecule has 0 radical (unpaired) electrons. The molecule has 6 rings (SSSR count). The van der Waals surface area contributed by atoms with Crippen LogP contribution < -0.4 is 0 Å². The number of esters is 1. The van der Waals surface area contributed by atoms with E-state index in [9.17, 15) is 20.1 Å². The quantitative estimate of drug-likeness (QED) is 0.400. The first-order chi connectivity index (χ1) is 17.1. The number of hydrogen-bond donors (Lipinski definition) is 3. The fraction of sp³-hybridized carbons (Fsp3) is 0.897. The molecule has 0 spiro atoms. The van der Waals surface area contributed by atoms with Crippen molar-refractivity contribution in [3.63, 3.8) is 0 Å². The Balaban J connectivity index is 1.16. The maximum absolute atomic E-state index is 12.4. The number of carbonyl (C=O) groups is 1. The molecular weight excluding hydrogens is 460 g/mol. The summed E-state index contributed by atoms with van der Waals surface area (Å²) in [6, 6.07) is 0. The van der Waals surface area contributed by atoms with E-state index in [0.717, 1.165) is 63.4 Å². The van der Waals surface area contributed by atoms with E-state index >= 15 is 0 Å². The lowest BCUT2D eigenvalue weighted by Crippen LogP contribution is -2.62. The van der Waals surface area contributed by atoms with E-state index in [2.05, 4.69) is 13.8 Å². The number of aliphatic hydroxyl groups excluding tert-OH is 2. The molecule has 12 atom stereocenters. The molecule has 2 heterocycles. The molecule has 0 bridgehead atoms. The maximum Gasteiger partial charge on any atom is 0.331 e. The molecule has 1 saturated heterocycles. The molecule has 0 aromatic heterocycles. The maximum atomic E-state index is 12.4. The Kier molecular flexibility index (Phi) is 6.16. The molecule has 0 aromatic carbocycles.